The van der Waals surface area contributed by atoms with E-state index in [2.05, 4.69) is 4.72 Å². The fraction of sp³-hybridized carbons (Fsp3) is 0.533. The first-order valence-corrected chi connectivity index (χ1v) is 9.30. The summed E-state index contributed by atoms with van der Waals surface area (Å²) in [6.45, 7) is 0.834. The van der Waals surface area contributed by atoms with Crippen LogP contribution < -0.4 is 9.62 Å². The Hall–Kier alpha value is -1.67. The van der Waals surface area contributed by atoms with E-state index in [1.165, 1.54) is 6.07 Å². The number of carbonyl (C=O) groups excluding carboxylic acids is 1. The minimum absolute atomic E-state index is 0.271. The number of anilines is 1. The first-order chi connectivity index (χ1) is 10.7. The molecule has 0 saturated carbocycles. The lowest BCUT2D eigenvalue weighted by Crippen LogP contribution is -2.49. The molecule has 8 heteroatoms. The molecular weight excluding hydrogens is 321 g/mol. The highest BCUT2D eigenvalue weighted by molar-refractivity contribution is 7.88. The van der Waals surface area contributed by atoms with E-state index in [1.807, 2.05) is 0 Å². The predicted molar refractivity (Wildman–Crippen MR) is 87.6 cm³/mol. The average molecular weight is 343 g/mol. The highest BCUT2D eigenvalue weighted by Gasteiger charge is 2.26. The van der Waals surface area contributed by atoms with Crippen molar-refractivity contribution in [2.75, 3.05) is 38.3 Å². The van der Waals surface area contributed by atoms with E-state index in [0.717, 1.165) is 6.26 Å². The lowest BCUT2D eigenvalue weighted by molar-refractivity contribution is 0.0702. The number of benzene rings is 1. The van der Waals surface area contributed by atoms with Gasteiger partial charge in [-0.05, 0) is 31.0 Å². The Bertz CT molecular complexity index is 691. The van der Waals surface area contributed by atoms with Crippen LogP contribution in [0.25, 0.3) is 0 Å². The van der Waals surface area contributed by atoms with E-state index in [4.69, 9.17) is 0 Å². The van der Waals surface area contributed by atoms with E-state index in [9.17, 15) is 17.6 Å². The molecule has 1 aliphatic heterocycles. The van der Waals surface area contributed by atoms with Crippen molar-refractivity contribution in [2.45, 2.75) is 18.9 Å². The number of hydrogen-bond acceptors (Lipinski definition) is 4. The molecule has 2 rings (SSSR count). The van der Waals surface area contributed by atoms with Crippen molar-refractivity contribution in [1.82, 2.24) is 9.62 Å². The molecule has 0 aromatic heterocycles. The van der Waals surface area contributed by atoms with Crippen molar-refractivity contribution < 1.29 is 17.6 Å². The number of hydrogen-bond donors (Lipinski definition) is 1. The number of piperidine rings is 1. The van der Waals surface area contributed by atoms with Gasteiger partial charge in [0.2, 0.25) is 10.0 Å². The standard InChI is InChI=1S/C15H22FN3O3S/c1-18(2)14-7-6-11(9-13(14)16)15(20)19-8-4-5-12(10-19)17-23(3,21)22/h6-7,9,12,17H,4-5,8,10H2,1-3H3/t12-/m1/s1. The zero-order valence-electron chi connectivity index (χ0n) is 13.5. The second-order valence-corrected chi connectivity index (χ2v) is 7.82. The quantitative estimate of drug-likeness (QED) is 0.887. The third-order valence-electron chi connectivity index (χ3n) is 3.77. The highest BCUT2D eigenvalue weighted by Crippen LogP contribution is 2.20. The monoisotopic (exact) mass is 343 g/mol. The summed E-state index contributed by atoms with van der Waals surface area (Å²) in [5, 5.41) is 0. The molecule has 1 atom stereocenters. The van der Waals surface area contributed by atoms with Gasteiger partial charge < -0.3 is 9.80 Å². The van der Waals surface area contributed by atoms with Gasteiger partial charge in [0.25, 0.3) is 5.91 Å². The van der Waals surface area contributed by atoms with Crippen molar-refractivity contribution in [3.8, 4) is 0 Å². The molecule has 0 unspecified atom stereocenters. The molecular formula is C15H22FN3O3S. The topological polar surface area (TPSA) is 69.7 Å². The number of sulfonamides is 1. The Balaban J connectivity index is 2.12. The normalized spacial score (nSPS) is 18.8. The molecule has 1 aromatic rings. The zero-order chi connectivity index (χ0) is 17.2. The molecule has 1 N–H and O–H groups in total. The Morgan fingerprint density at radius 3 is 2.65 bits per heavy atom. The van der Waals surface area contributed by atoms with Gasteiger partial charge >= 0.3 is 0 Å². The van der Waals surface area contributed by atoms with E-state index >= 15 is 0 Å². The zero-order valence-corrected chi connectivity index (χ0v) is 14.4. The summed E-state index contributed by atoms with van der Waals surface area (Å²) in [6, 6.07) is 4.09. The molecule has 0 bridgehead atoms. The largest absolute Gasteiger partial charge is 0.375 e. The van der Waals surface area contributed by atoms with Gasteiger partial charge in [-0.2, -0.15) is 0 Å². The van der Waals surface area contributed by atoms with E-state index in [-0.39, 0.29) is 17.5 Å². The molecule has 0 radical (unpaired) electrons. The molecule has 1 aromatic carbocycles. The molecule has 0 aliphatic carbocycles. The van der Waals surface area contributed by atoms with Gasteiger partial charge in [0, 0.05) is 38.8 Å². The Kier molecular flexibility index (Phi) is 5.26. The first kappa shape index (κ1) is 17.7. The fourth-order valence-electron chi connectivity index (χ4n) is 2.75. The molecule has 128 valence electrons. The third kappa shape index (κ3) is 4.65. The second kappa shape index (κ2) is 6.84. The van der Waals surface area contributed by atoms with Crippen LogP contribution in [0.3, 0.4) is 0 Å². The Morgan fingerprint density at radius 1 is 1.39 bits per heavy atom. The van der Waals surface area contributed by atoms with Crippen LogP contribution in [0.4, 0.5) is 10.1 Å². The summed E-state index contributed by atoms with van der Waals surface area (Å²) in [4.78, 5) is 15.7. The molecule has 1 amide bonds. The van der Waals surface area contributed by atoms with Gasteiger partial charge in [-0.3, -0.25) is 4.79 Å². The van der Waals surface area contributed by atoms with E-state index in [0.29, 0.717) is 31.6 Å². The highest BCUT2D eigenvalue weighted by atomic mass is 32.2. The van der Waals surface area contributed by atoms with Crippen molar-refractivity contribution >= 4 is 21.6 Å². The van der Waals surface area contributed by atoms with Crippen molar-refractivity contribution in [1.29, 1.82) is 0 Å². The van der Waals surface area contributed by atoms with Crippen LogP contribution in [0.15, 0.2) is 18.2 Å². The van der Waals surface area contributed by atoms with Crippen molar-refractivity contribution in [2.24, 2.45) is 0 Å². The smallest absolute Gasteiger partial charge is 0.254 e. The third-order valence-corrected chi connectivity index (χ3v) is 4.53. The first-order valence-electron chi connectivity index (χ1n) is 7.41. The number of nitrogens with one attached hydrogen (secondary N) is 1. The van der Waals surface area contributed by atoms with Gasteiger partial charge in [0.1, 0.15) is 5.82 Å². The molecule has 1 heterocycles. The average Bonchev–Trinajstić information content (AvgIpc) is 2.44. The van der Waals surface area contributed by atoms with Crippen LogP contribution >= 0.6 is 0 Å². The van der Waals surface area contributed by atoms with Crippen LogP contribution in [0.2, 0.25) is 0 Å². The fourth-order valence-corrected chi connectivity index (χ4v) is 3.54. The summed E-state index contributed by atoms with van der Waals surface area (Å²) in [6.07, 6.45) is 2.49. The summed E-state index contributed by atoms with van der Waals surface area (Å²) in [7, 11) is 0.143. The number of carbonyl (C=O) groups is 1. The van der Waals surface area contributed by atoms with Crippen LogP contribution in [0.1, 0.15) is 23.2 Å². The number of rotatable bonds is 4. The molecule has 23 heavy (non-hydrogen) atoms. The molecule has 0 spiro atoms. The molecule has 1 aliphatic rings. The summed E-state index contributed by atoms with van der Waals surface area (Å²) in [5.41, 5.74) is 0.685. The van der Waals surface area contributed by atoms with Gasteiger partial charge in [0.15, 0.2) is 0 Å². The summed E-state index contributed by atoms with van der Waals surface area (Å²) < 4.78 is 39.2. The van der Waals surface area contributed by atoms with E-state index in [1.54, 1.807) is 36.0 Å². The van der Waals surface area contributed by atoms with Crippen molar-refractivity contribution in [3.63, 3.8) is 0 Å². The SMILES string of the molecule is CN(C)c1ccc(C(=O)N2CCC[C@@H](NS(C)(=O)=O)C2)cc1F. The predicted octanol–water partition coefficient (Wildman–Crippen LogP) is 1.05. The lowest BCUT2D eigenvalue weighted by atomic mass is 10.0. The van der Waals surface area contributed by atoms with Crippen LogP contribution in [0.5, 0.6) is 0 Å². The number of halogens is 1. The van der Waals surface area contributed by atoms with Crippen LogP contribution in [-0.4, -0.2) is 58.7 Å². The summed E-state index contributed by atoms with van der Waals surface area (Å²) >= 11 is 0. The minimum Gasteiger partial charge on any atom is -0.375 e. The number of likely N-dealkylation sites (tertiary alicyclic amines) is 1. The maximum atomic E-state index is 14.0. The Morgan fingerprint density at radius 2 is 2.09 bits per heavy atom. The van der Waals surface area contributed by atoms with E-state index < -0.39 is 15.8 Å². The Labute approximate surface area is 136 Å². The van der Waals surface area contributed by atoms with Gasteiger partial charge in [-0.1, -0.05) is 0 Å². The lowest BCUT2D eigenvalue weighted by Gasteiger charge is -2.33. The maximum Gasteiger partial charge on any atom is 0.254 e. The van der Waals surface area contributed by atoms with Crippen molar-refractivity contribution in [3.05, 3.63) is 29.6 Å². The van der Waals surface area contributed by atoms with Gasteiger partial charge in [0.05, 0.1) is 11.9 Å². The summed E-state index contributed by atoms with van der Waals surface area (Å²) in [5.74, 6) is -0.738. The molecule has 1 saturated heterocycles. The molecule has 1 fully saturated rings. The van der Waals surface area contributed by atoms with Gasteiger partial charge in [-0.15, -0.1) is 0 Å². The van der Waals surface area contributed by atoms with Crippen LogP contribution in [0, 0.1) is 5.82 Å². The van der Waals surface area contributed by atoms with Crippen LogP contribution in [-0.2, 0) is 10.0 Å². The number of amides is 1. The number of nitrogens with zero attached hydrogens (tertiary/aromatic N) is 2. The maximum absolute atomic E-state index is 14.0. The minimum atomic E-state index is -3.31. The van der Waals surface area contributed by atoms with Gasteiger partial charge in [-0.25, -0.2) is 17.5 Å². The molecule has 6 nitrogen and oxygen atoms in total. The second-order valence-electron chi connectivity index (χ2n) is 6.04.